The third-order valence-corrected chi connectivity index (χ3v) is 4.35. The zero-order valence-corrected chi connectivity index (χ0v) is 14.3. The second kappa shape index (κ2) is 7.75. The van der Waals surface area contributed by atoms with Gasteiger partial charge in [-0.1, -0.05) is 23.8 Å². The first-order valence-corrected chi connectivity index (χ1v) is 8.68. The molecule has 0 atom stereocenters. The summed E-state index contributed by atoms with van der Waals surface area (Å²) in [5.41, 5.74) is 3.94. The van der Waals surface area contributed by atoms with Gasteiger partial charge in [-0.05, 0) is 53.6 Å². The van der Waals surface area contributed by atoms with Gasteiger partial charge in [0.25, 0.3) is 0 Å². The average molecular weight is 337 g/mol. The quantitative estimate of drug-likeness (QED) is 0.734. The number of hydrogen-bond donors (Lipinski definition) is 1. The van der Waals surface area contributed by atoms with Gasteiger partial charge in [-0.15, -0.1) is 0 Å². The van der Waals surface area contributed by atoms with Gasteiger partial charge in [0.05, 0.1) is 12.2 Å². The molecule has 0 aliphatic rings. The van der Waals surface area contributed by atoms with E-state index in [4.69, 9.17) is 0 Å². The largest absolute Gasteiger partial charge is 0.322 e. The van der Waals surface area contributed by atoms with Gasteiger partial charge in [0, 0.05) is 18.4 Å². The minimum Gasteiger partial charge on any atom is -0.314 e. The second-order valence-corrected chi connectivity index (χ2v) is 6.38. The summed E-state index contributed by atoms with van der Waals surface area (Å²) in [7, 11) is 0. The fourth-order valence-electron chi connectivity index (χ4n) is 2.33. The highest BCUT2D eigenvalue weighted by molar-refractivity contribution is 7.07. The Kier molecular flexibility index (Phi) is 5.23. The molecule has 0 bridgehead atoms. The van der Waals surface area contributed by atoms with Crippen LogP contribution in [0.15, 0.2) is 65.5 Å². The highest BCUT2D eigenvalue weighted by atomic mass is 32.1. The van der Waals surface area contributed by atoms with Crippen molar-refractivity contribution in [2.24, 2.45) is 0 Å². The number of aromatic nitrogens is 1. The zero-order chi connectivity index (χ0) is 16.8. The van der Waals surface area contributed by atoms with Gasteiger partial charge < -0.3 is 10.2 Å². The number of pyridine rings is 1. The molecule has 0 fully saturated rings. The van der Waals surface area contributed by atoms with Crippen LogP contribution in [0.1, 0.15) is 16.8 Å². The summed E-state index contributed by atoms with van der Waals surface area (Å²) in [6.07, 6.45) is 1.75. The van der Waals surface area contributed by atoms with Crippen molar-refractivity contribution >= 4 is 23.1 Å². The summed E-state index contributed by atoms with van der Waals surface area (Å²) in [5.74, 6) is 0. The number of carbonyl (C=O) groups excluding carboxylic acids is 1. The third kappa shape index (κ3) is 4.43. The zero-order valence-electron chi connectivity index (χ0n) is 13.5. The molecule has 0 radical (unpaired) electrons. The molecular weight excluding hydrogens is 318 g/mol. The summed E-state index contributed by atoms with van der Waals surface area (Å²) >= 11 is 1.63. The van der Waals surface area contributed by atoms with E-state index in [-0.39, 0.29) is 6.03 Å². The first-order chi connectivity index (χ1) is 11.7. The Balaban J connectivity index is 1.74. The van der Waals surface area contributed by atoms with Gasteiger partial charge in [0.15, 0.2) is 0 Å². The second-order valence-electron chi connectivity index (χ2n) is 5.60. The van der Waals surface area contributed by atoms with Crippen LogP contribution in [-0.4, -0.2) is 15.9 Å². The predicted molar refractivity (Wildman–Crippen MR) is 98.0 cm³/mol. The number of anilines is 1. The molecule has 4 nitrogen and oxygen atoms in total. The predicted octanol–water partition coefficient (Wildman–Crippen LogP) is 4.69. The van der Waals surface area contributed by atoms with Crippen molar-refractivity contribution in [3.63, 3.8) is 0 Å². The van der Waals surface area contributed by atoms with Crippen LogP contribution in [0.2, 0.25) is 0 Å². The van der Waals surface area contributed by atoms with Gasteiger partial charge in [-0.3, -0.25) is 4.98 Å². The number of amides is 2. The monoisotopic (exact) mass is 337 g/mol. The third-order valence-electron chi connectivity index (χ3n) is 3.62. The summed E-state index contributed by atoms with van der Waals surface area (Å²) < 4.78 is 0. The molecule has 2 heterocycles. The molecule has 122 valence electrons. The number of aryl methyl sites for hydroxylation is 1. The standard InChI is InChI=1S/C19H19N3OS/c1-15-5-7-17(8-6-15)21-19(23)22(12-16-9-11-24-14-16)13-18-4-2-3-10-20-18/h2-11,14H,12-13H2,1H3,(H,21,23). The summed E-state index contributed by atoms with van der Waals surface area (Å²) in [6, 6.07) is 15.4. The number of rotatable bonds is 5. The number of nitrogens with zero attached hydrogens (tertiary/aromatic N) is 2. The first kappa shape index (κ1) is 16.2. The highest BCUT2D eigenvalue weighted by Crippen LogP contribution is 2.15. The van der Waals surface area contributed by atoms with Crippen molar-refractivity contribution < 1.29 is 4.79 Å². The van der Waals surface area contributed by atoms with E-state index < -0.39 is 0 Å². The Labute approximate surface area is 145 Å². The topological polar surface area (TPSA) is 45.2 Å². The van der Waals surface area contributed by atoms with Crippen LogP contribution in [0.3, 0.4) is 0 Å². The molecule has 0 unspecified atom stereocenters. The molecule has 5 heteroatoms. The van der Waals surface area contributed by atoms with Crippen molar-refractivity contribution in [1.29, 1.82) is 0 Å². The average Bonchev–Trinajstić information content (AvgIpc) is 3.10. The van der Waals surface area contributed by atoms with Crippen molar-refractivity contribution in [2.45, 2.75) is 20.0 Å². The Hall–Kier alpha value is -2.66. The number of benzene rings is 1. The van der Waals surface area contributed by atoms with Crippen molar-refractivity contribution in [3.05, 3.63) is 82.3 Å². The molecule has 0 aliphatic carbocycles. The fraction of sp³-hybridized carbons (Fsp3) is 0.158. The summed E-state index contributed by atoms with van der Waals surface area (Å²) in [4.78, 5) is 18.8. The highest BCUT2D eigenvalue weighted by Gasteiger charge is 2.15. The lowest BCUT2D eigenvalue weighted by Gasteiger charge is -2.22. The summed E-state index contributed by atoms with van der Waals surface area (Å²) in [6.45, 7) is 3.04. The van der Waals surface area contributed by atoms with Crippen molar-refractivity contribution in [2.75, 3.05) is 5.32 Å². The van der Waals surface area contributed by atoms with E-state index in [0.717, 1.165) is 22.5 Å². The van der Waals surface area contributed by atoms with E-state index in [9.17, 15) is 4.79 Å². The van der Waals surface area contributed by atoms with Crippen LogP contribution in [0, 0.1) is 6.92 Å². The minimum atomic E-state index is -0.129. The van der Waals surface area contributed by atoms with E-state index in [2.05, 4.69) is 15.7 Å². The van der Waals surface area contributed by atoms with E-state index in [1.165, 1.54) is 0 Å². The maximum atomic E-state index is 12.7. The van der Waals surface area contributed by atoms with Crippen LogP contribution >= 0.6 is 11.3 Å². The van der Waals surface area contributed by atoms with E-state index >= 15 is 0 Å². The molecule has 0 aliphatic heterocycles. The van der Waals surface area contributed by atoms with Gasteiger partial charge in [0.1, 0.15) is 0 Å². The molecule has 1 aromatic carbocycles. The SMILES string of the molecule is Cc1ccc(NC(=O)N(Cc2ccsc2)Cc2ccccn2)cc1. The molecular formula is C19H19N3OS. The van der Waals surface area contributed by atoms with Crippen LogP contribution in [0.25, 0.3) is 0 Å². The number of carbonyl (C=O) groups is 1. The Morgan fingerprint density at radius 3 is 2.62 bits per heavy atom. The molecule has 2 aromatic heterocycles. The smallest absolute Gasteiger partial charge is 0.314 e. The maximum Gasteiger partial charge on any atom is 0.322 e. The van der Waals surface area contributed by atoms with Crippen molar-refractivity contribution in [3.8, 4) is 0 Å². The minimum absolute atomic E-state index is 0.129. The maximum absolute atomic E-state index is 12.7. The number of urea groups is 1. The molecule has 2 amide bonds. The number of thiophene rings is 1. The van der Waals surface area contributed by atoms with Crippen LogP contribution in [-0.2, 0) is 13.1 Å². The van der Waals surface area contributed by atoms with Gasteiger partial charge in [-0.2, -0.15) is 11.3 Å². The Morgan fingerprint density at radius 1 is 1.12 bits per heavy atom. The van der Waals surface area contributed by atoms with Gasteiger partial charge in [0.2, 0.25) is 0 Å². The Morgan fingerprint density at radius 2 is 1.96 bits per heavy atom. The van der Waals surface area contributed by atoms with Gasteiger partial charge >= 0.3 is 6.03 Å². The normalized spacial score (nSPS) is 10.4. The van der Waals surface area contributed by atoms with E-state index in [1.807, 2.05) is 60.8 Å². The fourth-order valence-corrected chi connectivity index (χ4v) is 2.99. The molecule has 3 rings (SSSR count). The summed E-state index contributed by atoms with van der Waals surface area (Å²) in [5, 5.41) is 7.04. The van der Waals surface area contributed by atoms with Crippen LogP contribution in [0.4, 0.5) is 10.5 Å². The van der Waals surface area contributed by atoms with Crippen LogP contribution < -0.4 is 5.32 Å². The van der Waals surface area contributed by atoms with Crippen molar-refractivity contribution in [1.82, 2.24) is 9.88 Å². The van der Waals surface area contributed by atoms with E-state index in [1.54, 1.807) is 22.4 Å². The molecule has 3 aromatic rings. The molecule has 0 saturated heterocycles. The molecule has 1 N–H and O–H groups in total. The number of nitrogens with one attached hydrogen (secondary N) is 1. The molecule has 0 spiro atoms. The van der Waals surface area contributed by atoms with E-state index in [0.29, 0.717) is 13.1 Å². The Bertz CT molecular complexity index is 770. The molecule has 0 saturated carbocycles. The van der Waals surface area contributed by atoms with Crippen LogP contribution in [0.5, 0.6) is 0 Å². The van der Waals surface area contributed by atoms with Gasteiger partial charge in [-0.25, -0.2) is 4.79 Å². The first-order valence-electron chi connectivity index (χ1n) is 7.74. The molecule has 24 heavy (non-hydrogen) atoms. The number of hydrogen-bond acceptors (Lipinski definition) is 3. The lowest BCUT2D eigenvalue weighted by molar-refractivity contribution is 0.206. The lowest BCUT2D eigenvalue weighted by atomic mass is 10.2. The lowest BCUT2D eigenvalue weighted by Crippen LogP contribution is -2.34.